The molecule has 25 heavy (non-hydrogen) atoms. The van der Waals surface area contributed by atoms with E-state index in [4.69, 9.17) is 9.47 Å². The number of hydrogen-bond donors (Lipinski definition) is 1. The molecule has 0 fully saturated rings. The Morgan fingerprint density at radius 1 is 1.00 bits per heavy atom. The Bertz CT molecular complexity index is 796. The van der Waals surface area contributed by atoms with Gasteiger partial charge in [-0.25, -0.2) is 4.79 Å². The average molecular weight is 341 g/mol. The van der Waals surface area contributed by atoms with E-state index in [0.717, 1.165) is 11.1 Å². The highest BCUT2D eigenvalue weighted by molar-refractivity contribution is 6.05. The first-order chi connectivity index (χ1) is 11.9. The number of aryl methyl sites for hydroxylation is 2. The first-order valence-electron chi connectivity index (χ1n) is 7.63. The second kappa shape index (κ2) is 8.10. The van der Waals surface area contributed by atoms with Gasteiger partial charge >= 0.3 is 5.97 Å². The molecule has 6 heteroatoms. The van der Waals surface area contributed by atoms with Crippen LogP contribution in [0.4, 0.5) is 0 Å². The molecular weight excluding hydrogens is 322 g/mol. The molecule has 130 valence electrons. The fraction of sp³-hybridized carbons (Fsp3) is 0.211. The molecule has 6 nitrogen and oxygen atoms in total. The van der Waals surface area contributed by atoms with Gasteiger partial charge in [0.25, 0.3) is 11.8 Å². The Balaban J connectivity index is 1.90. The molecule has 0 aliphatic carbocycles. The van der Waals surface area contributed by atoms with Crippen molar-refractivity contribution in [2.75, 3.05) is 13.7 Å². The number of carbonyl (C=O) groups is 3. The van der Waals surface area contributed by atoms with Gasteiger partial charge in [0.05, 0.1) is 12.7 Å². The summed E-state index contributed by atoms with van der Waals surface area (Å²) in [6.45, 7) is 3.11. The summed E-state index contributed by atoms with van der Waals surface area (Å²) in [7, 11) is 1.52. The number of ether oxygens (including phenoxy) is 2. The van der Waals surface area contributed by atoms with Crippen LogP contribution in [0.2, 0.25) is 0 Å². The van der Waals surface area contributed by atoms with Crippen LogP contribution in [0, 0.1) is 13.8 Å². The number of carbonyl (C=O) groups excluding carboxylic acids is 3. The molecule has 0 aromatic heterocycles. The number of benzene rings is 2. The Morgan fingerprint density at radius 2 is 1.68 bits per heavy atom. The summed E-state index contributed by atoms with van der Waals surface area (Å²) in [4.78, 5) is 35.8. The molecule has 1 N–H and O–H groups in total. The molecule has 0 radical (unpaired) electrons. The number of rotatable bonds is 5. The first kappa shape index (κ1) is 18.2. The van der Waals surface area contributed by atoms with E-state index in [2.05, 4.69) is 5.32 Å². The zero-order valence-electron chi connectivity index (χ0n) is 14.3. The highest BCUT2D eigenvalue weighted by atomic mass is 16.5. The average Bonchev–Trinajstić information content (AvgIpc) is 2.61. The van der Waals surface area contributed by atoms with Crippen molar-refractivity contribution < 1.29 is 23.9 Å². The van der Waals surface area contributed by atoms with E-state index in [0.29, 0.717) is 16.9 Å². The lowest BCUT2D eigenvalue weighted by molar-refractivity contribution is -0.123. The van der Waals surface area contributed by atoms with Gasteiger partial charge in [0.15, 0.2) is 6.61 Å². The Kier molecular flexibility index (Phi) is 5.89. The number of amides is 2. The maximum absolute atomic E-state index is 12.0. The van der Waals surface area contributed by atoms with E-state index in [1.54, 1.807) is 31.2 Å². The molecule has 0 heterocycles. The summed E-state index contributed by atoms with van der Waals surface area (Å²) in [5.41, 5.74) is 2.37. The summed E-state index contributed by atoms with van der Waals surface area (Å²) in [6.07, 6.45) is 0. The van der Waals surface area contributed by atoms with Gasteiger partial charge in [0, 0.05) is 5.56 Å². The fourth-order valence-electron chi connectivity index (χ4n) is 2.14. The third-order valence-corrected chi connectivity index (χ3v) is 3.55. The topological polar surface area (TPSA) is 81.7 Å². The molecule has 0 atom stereocenters. The molecule has 0 saturated heterocycles. The lowest BCUT2D eigenvalue weighted by Gasteiger charge is -2.08. The lowest BCUT2D eigenvalue weighted by Crippen LogP contribution is -2.34. The van der Waals surface area contributed by atoms with Crippen molar-refractivity contribution in [3.05, 3.63) is 64.7 Å². The number of nitrogens with one attached hydrogen (secondary N) is 1. The quantitative estimate of drug-likeness (QED) is 0.845. The second-order valence-corrected chi connectivity index (χ2v) is 5.50. The Hall–Kier alpha value is -3.15. The van der Waals surface area contributed by atoms with Gasteiger partial charge in [-0.15, -0.1) is 0 Å². The van der Waals surface area contributed by atoms with Crippen molar-refractivity contribution in [1.82, 2.24) is 5.32 Å². The van der Waals surface area contributed by atoms with Crippen LogP contribution in [-0.2, 0) is 9.53 Å². The molecule has 0 bridgehead atoms. The van der Waals surface area contributed by atoms with E-state index in [9.17, 15) is 14.4 Å². The van der Waals surface area contributed by atoms with Gasteiger partial charge in [-0.05, 0) is 49.7 Å². The molecule has 0 unspecified atom stereocenters. The minimum Gasteiger partial charge on any atom is -0.497 e. The minimum atomic E-state index is -0.695. The summed E-state index contributed by atoms with van der Waals surface area (Å²) in [5, 5.41) is 2.17. The Labute approximate surface area is 145 Å². The SMILES string of the molecule is COc1ccc(C(=O)NC(=O)COC(=O)c2cc(C)ccc2C)cc1. The van der Waals surface area contributed by atoms with Gasteiger partial charge in [-0.2, -0.15) is 0 Å². The van der Waals surface area contributed by atoms with E-state index < -0.39 is 24.4 Å². The van der Waals surface area contributed by atoms with Crippen LogP contribution >= 0.6 is 0 Å². The molecule has 2 amide bonds. The number of hydrogen-bond acceptors (Lipinski definition) is 5. The second-order valence-electron chi connectivity index (χ2n) is 5.50. The number of imide groups is 1. The van der Waals surface area contributed by atoms with Crippen molar-refractivity contribution in [2.24, 2.45) is 0 Å². The van der Waals surface area contributed by atoms with E-state index in [1.165, 1.54) is 19.2 Å². The first-order valence-corrected chi connectivity index (χ1v) is 7.63. The highest BCUT2D eigenvalue weighted by Gasteiger charge is 2.15. The third kappa shape index (κ3) is 4.91. The molecular formula is C19H19NO5. The summed E-state index contributed by atoms with van der Waals surface area (Å²) >= 11 is 0. The van der Waals surface area contributed by atoms with E-state index in [1.807, 2.05) is 13.0 Å². The van der Waals surface area contributed by atoms with Crippen molar-refractivity contribution in [3.63, 3.8) is 0 Å². The predicted octanol–water partition coefficient (Wildman–Crippen LogP) is 2.43. The van der Waals surface area contributed by atoms with Crippen LogP contribution < -0.4 is 10.1 Å². The van der Waals surface area contributed by atoms with Gasteiger partial charge in [0.1, 0.15) is 5.75 Å². The normalized spacial score (nSPS) is 10.0. The molecule has 0 saturated carbocycles. The van der Waals surface area contributed by atoms with Crippen LogP contribution in [0.15, 0.2) is 42.5 Å². The van der Waals surface area contributed by atoms with Crippen LogP contribution in [0.1, 0.15) is 31.8 Å². The van der Waals surface area contributed by atoms with Crippen LogP contribution in [0.25, 0.3) is 0 Å². The summed E-state index contributed by atoms with van der Waals surface area (Å²) in [5.74, 6) is -1.27. The standard InChI is InChI=1S/C19H19NO5/c1-12-4-5-13(2)16(10-12)19(23)25-11-17(21)20-18(22)14-6-8-15(24-3)9-7-14/h4-10H,11H2,1-3H3,(H,20,21,22). The minimum absolute atomic E-state index is 0.301. The van der Waals surface area contributed by atoms with Gasteiger partial charge in [-0.1, -0.05) is 17.7 Å². The fourth-order valence-corrected chi connectivity index (χ4v) is 2.14. The molecule has 2 rings (SSSR count). The number of methoxy groups -OCH3 is 1. The van der Waals surface area contributed by atoms with Crippen molar-refractivity contribution >= 4 is 17.8 Å². The number of esters is 1. The lowest BCUT2D eigenvalue weighted by atomic mass is 10.1. The molecule has 0 spiro atoms. The molecule has 0 aliphatic rings. The third-order valence-electron chi connectivity index (χ3n) is 3.55. The van der Waals surface area contributed by atoms with Gasteiger partial charge in [-0.3, -0.25) is 14.9 Å². The van der Waals surface area contributed by atoms with Crippen LogP contribution in [0.3, 0.4) is 0 Å². The molecule has 0 aliphatic heterocycles. The zero-order chi connectivity index (χ0) is 18.4. The monoisotopic (exact) mass is 341 g/mol. The largest absolute Gasteiger partial charge is 0.497 e. The summed E-state index contributed by atoms with van der Waals surface area (Å²) in [6, 6.07) is 11.7. The van der Waals surface area contributed by atoms with Gasteiger partial charge < -0.3 is 9.47 Å². The van der Waals surface area contributed by atoms with Gasteiger partial charge in [0.2, 0.25) is 0 Å². The van der Waals surface area contributed by atoms with E-state index >= 15 is 0 Å². The van der Waals surface area contributed by atoms with Crippen molar-refractivity contribution in [1.29, 1.82) is 0 Å². The zero-order valence-corrected chi connectivity index (χ0v) is 14.3. The Morgan fingerprint density at radius 3 is 2.32 bits per heavy atom. The summed E-state index contributed by atoms with van der Waals surface area (Å²) < 4.78 is 9.97. The maximum Gasteiger partial charge on any atom is 0.338 e. The smallest absolute Gasteiger partial charge is 0.338 e. The highest BCUT2D eigenvalue weighted by Crippen LogP contribution is 2.12. The van der Waals surface area contributed by atoms with E-state index in [-0.39, 0.29) is 0 Å². The maximum atomic E-state index is 12.0. The predicted molar refractivity (Wildman–Crippen MR) is 91.7 cm³/mol. The van der Waals surface area contributed by atoms with Crippen LogP contribution in [-0.4, -0.2) is 31.5 Å². The van der Waals surface area contributed by atoms with Crippen LogP contribution in [0.5, 0.6) is 5.75 Å². The van der Waals surface area contributed by atoms with Crippen molar-refractivity contribution in [2.45, 2.75) is 13.8 Å². The molecule has 2 aromatic carbocycles. The molecule has 2 aromatic rings. The van der Waals surface area contributed by atoms with Crippen molar-refractivity contribution in [3.8, 4) is 5.75 Å².